The molecule has 0 saturated heterocycles. The number of hydrogen-bond donors (Lipinski definition) is 2. The lowest BCUT2D eigenvalue weighted by Crippen LogP contribution is -2.13. The van der Waals surface area contributed by atoms with Crippen molar-refractivity contribution in [3.05, 3.63) is 28.2 Å². The minimum atomic E-state index is -4.55. The first-order valence-corrected chi connectivity index (χ1v) is 3.62. The highest BCUT2D eigenvalue weighted by atomic mass is 19.4. The fourth-order valence-electron chi connectivity index (χ4n) is 1.11. The zero-order chi connectivity index (χ0) is 10.3. The van der Waals surface area contributed by atoms with E-state index in [0.29, 0.717) is 6.07 Å². The van der Waals surface area contributed by atoms with Crippen molar-refractivity contribution in [2.75, 3.05) is 0 Å². The van der Waals surface area contributed by atoms with Crippen LogP contribution in [0.4, 0.5) is 13.2 Å². The van der Waals surface area contributed by atoms with Gasteiger partial charge in [0, 0.05) is 6.07 Å². The lowest BCUT2D eigenvalue weighted by Gasteiger charge is -2.05. The highest BCUT2D eigenvalue weighted by Crippen LogP contribution is 2.27. The van der Waals surface area contributed by atoms with Crippen molar-refractivity contribution in [2.24, 2.45) is 0 Å². The number of aromatic amines is 2. The van der Waals surface area contributed by atoms with Crippen LogP contribution >= 0.6 is 0 Å². The molecule has 0 amide bonds. The molecule has 0 radical (unpaired) electrons. The predicted molar refractivity (Wildman–Crippen MR) is 41.7 cm³/mol. The molecular weight excluding hydrogens is 199 g/mol. The van der Waals surface area contributed by atoms with Crippen LogP contribution in [0.3, 0.4) is 0 Å². The van der Waals surface area contributed by atoms with Crippen LogP contribution in [0.2, 0.25) is 0 Å². The van der Waals surface area contributed by atoms with E-state index in [0.717, 1.165) is 6.20 Å². The molecule has 2 aromatic rings. The fraction of sp³-hybridized carbons (Fsp3) is 0.143. The van der Waals surface area contributed by atoms with Crippen molar-refractivity contribution in [3.63, 3.8) is 0 Å². The number of aromatic nitrogens is 3. The van der Waals surface area contributed by atoms with Gasteiger partial charge in [0.2, 0.25) is 5.43 Å². The first-order chi connectivity index (χ1) is 6.48. The van der Waals surface area contributed by atoms with E-state index < -0.39 is 17.3 Å². The maximum Gasteiger partial charge on any atom is 0.431 e. The van der Waals surface area contributed by atoms with Crippen LogP contribution < -0.4 is 5.43 Å². The molecule has 7 heteroatoms. The largest absolute Gasteiger partial charge is 0.431 e. The summed E-state index contributed by atoms with van der Waals surface area (Å²) in [5, 5.41) is 5.77. The molecule has 0 bridgehead atoms. The van der Waals surface area contributed by atoms with E-state index in [-0.39, 0.29) is 11.0 Å². The normalized spacial score (nSPS) is 12.2. The predicted octanol–water partition coefficient (Wildman–Crippen LogP) is 1.27. The van der Waals surface area contributed by atoms with Gasteiger partial charge in [-0.1, -0.05) is 0 Å². The van der Waals surface area contributed by atoms with Gasteiger partial charge in [-0.3, -0.25) is 9.89 Å². The quantitative estimate of drug-likeness (QED) is 0.677. The number of H-pyrrole nitrogens is 2. The molecular formula is C7H4F3N3O. The zero-order valence-electron chi connectivity index (χ0n) is 6.64. The highest BCUT2D eigenvalue weighted by Gasteiger charge is 2.32. The van der Waals surface area contributed by atoms with Crippen molar-refractivity contribution in [1.29, 1.82) is 0 Å². The van der Waals surface area contributed by atoms with Crippen LogP contribution in [0.15, 0.2) is 17.1 Å². The van der Waals surface area contributed by atoms with Gasteiger partial charge in [-0.05, 0) is 0 Å². The number of halogens is 3. The second-order valence-electron chi connectivity index (χ2n) is 2.70. The lowest BCUT2D eigenvalue weighted by atomic mass is 10.3. The van der Waals surface area contributed by atoms with Crippen molar-refractivity contribution < 1.29 is 13.2 Å². The van der Waals surface area contributed by atoms with Gasteiger partial charge in [0.1, 0.15) is 11.2 Å². The molecule has 0 unspecified atom stereocenters. The number of pyridine rings is 1. The summed E-state index contributed by atoms with van der Waals surface area (Å²) in [4.78, 5) is 13.2. The Morgan fingerprint density at radius 1 is 1.36 bits per heavy atom. The first kappa shape index (κ1) is 8.79. The Labute approximate surface area is 74.8 Å². The Morgan fingerprint density at radius 2 is 2.07 bits per heavy atom. The maximum atomic E-state index is 12.2. The van der Waals surface area contributed by atoms with E-state index >= 15 is 0 Å². The molecule has 0 aliphatic carbocycles. The molecule has 0 aliphatic rings. The Morgan fingerprint density at radius 3 is 2.71 bits per heavy atom. The van der Waals surface area contributed by atoms with Crippen LogP contribution in [-0.4, -0.2) is 15.2 Å². The summed E-state index contributed by atoms with van der Waals surface area (Å²) < 4.78 is 36.6. The van der Waals surface area contributed by atoms with Gasteiger partial charge in [0.05, 0.1) is 11.7 Å². The van der Waals surface area contributed by atoms with Crippen LogP contribution in [0.5, 0.6) is 0 Å². The fourth-order valence-corrected chi connectivity index (χ4v) is 1.11. The molecule has 2 heterocycles. The van der Waals surface area contributed by atoms with Gasteiger partial charge in [0.15, 0.2) is 0 Å². The first-order valence-electron chi connectivity index (χ1n) is 3.62. The van der Waals surface area contributed by atoms with Gasteiger partial charge in [-0.25, -0.2) is 0 Å². The summed E-state index contributed by atoms with van der Waals surface area (Å²) in [6.07, 6.45) is -3.42. The number of hydrogen-bond acceptors (Lipinski definition) is 2. The van der Waals surface area contributed by atoms with Gasteiger partial charge < -0.3 is 4.98 Å². The molecule has 0 spiro atoms. The number of alkyl halides is 3. The van der Waals surface area contributed by atoms with Crippen LogP contribution in [-0.2, 0) is 6.18 Å². The summed E-state index contributed by atoms with van der Waals surface area (Å²) in [5.41, 5.74) is -1.72. The smallest absolute Gasteiger partial charge is 0.348 e. The number of nitrogens with zero attached hydrogens (tertiary/aromatic N) is 1. The second kappa shape index (κ2) is 2.60. The van der Waals surface area contributed by atoms with E-state index in [1.54, 1.807) is 0 Å². The Hall–Kier alpha value is -1.79. The summed E-state index contributed by atoms with van der Waals surface area (Å²) in [6, 6.07) is 0.501. The molecule has 74 valence electrons. The summed E-state index contributed by atoms with van der Waals surface area (Å²) in [5.74, 6) is 0. The molecule has 0 aromatic carbocycles. The van der Waals surface area contributed by atoms with Gasteiger partial charge >= 0.3 is 6.18 Å². The standard InChI is InChI=1S/C7H4F3N3O/c8-7(9,10)5-1-4(14)6-3(12-5)2-11-13-6/h1-2H,(H,11,13)(H,12,14). The number of nitrogens with one attached hydrogen (secondary N) is 2. The summed E-state index contributed by atoms with van der Waals surface area (Å²) >= 11 is 0. The van der Waals surface area contributed by atoms with Gasteiger partial charge in [-0.15, -0.1) is 0 Å². The third-order valence-electron chi connectivity index (χ3n) is 1.74. The van der Waals surface area contributed by atoms with E-state index in [1.165, 1.54) is 0 Å². The molecule has 0 atom stereocenters. The molecule has 14 heavy (non-hydrogen) atoms. The second-order valence-corrected chi connectivity index (χ2v) is 2.70. The van der Waals surface area contributed by atoms with Gasteiger partial charge in [-0.2, -0.15) is 18.3 Å². The third kappa shape index (κ3) is 1.26. The summed E-state index contributed by atoms with van der Waals surface area (Å²) in [6.45, 7) is 0. The molecule has 4 nitrogen and oxygen atoms in total. The maximum absolute atomic E-state index is 12.2. The van der Waals surface area contributed by atoms with Crippen LogP contribution in [0, 0.1) is 0 Å². The summed E-state index contributed by atoms with van der Waals surface area (Å²) in [7, 11) is 0. The average molecular weight is 203 g/mol. The van der Waals surface area contributed by atoms with Crippen molar-refractivity contribution in [3.8, 4) is 0 Å². The molecule has 0 saturated carbocycles. The van der Waals surface area contributed by atoms with E-state index in [1.807, 2.05) is 0 Å². The topological polar surface area (TPSA) is 61.5 Å². The van der Waals surface area contributed by atoms with E-state index in [2.05, 4.69) is 15.2 Å². The average Bonchev–Trinajstić information content (AvgIpc) is 2.50. The Bertz CT molecular complexity index is 525. The third-order valence-corrected chi connectivity index (χ3v) is 1.74. The minimum absolute atomic E-state index is 0.0398. The number of fused-ring (bicyclic) bond motifs is 1. The molecule has 2 N–H and O–H groups in total. The van der Waals surface area contributed by atoms with Gasteiger partial charge in [0.25, 0.3) is 0 Å². The molecule has 2 aromatic heterocycles. The number of rotatable bonds is 0. The minimum Gasteiger partial charge on any atom is -0.348 e. The monoisotopic (exact) mass is 203 g/mol. The van der Waals surface area contributed by atoms with Crippen molar-refractivity contribution in [2.45, 2.75) is 6.18 Å². The SMILES string of the molecule is O=c1cc(C(F)(F)F)[nH]c2cn[nH]c12. The highest BCUT2D eigenvalue weighted by molar-refractivity contribution is 5.72. The Balaban J connectivity index is 2.77. The molecule has 0 aliphatic heterocycles. The van der Waals surface area contributed by atoms with E-state index in [9.17, 15) is 18.0 Å². The molecule has 0 fully saturated rings. The van der Waals surface area contributed by atoms with Crippen molar-refractivity contribution >= 4 is 11.0 Å². The van der Waals surface area contributed by atoms with Crippen LogP contribution in [0.1, 0.15) is 5.69 Å². The van der Waals surface area contributed by atoms with Crippen molar-refractivity contribution in [1.82, 2.24) is 15.2 Å². The Kier molecular flexibility index (Phi) is 1.63. The van der Waals surface area contributed by atoms with E-state index in [4.69, 9.17) is 0 Å². The molecule has 2 rings (SSSR count). The lowest BCUT2D eigenvalue weighted by molar-refractivity contribution is -0.141. The van der Waals surface area contributed by atoms with Crippen LogP contribution in [0.25, 0.3) is 11.0 Å². The zero-order valence-corrected chi connectivity index (χ0v) is 6.64.